The molecule has 0 aliphatic carbocycles. The summed E-state index contributed by atoms with van der Waals surface area (Å²) in [5.74, 6) is 0.995. The minimum atomic E-state index is 0.0228. The van der Waals surface area contributed by atoms with Gasteiger partial charge in [0.25, 0.3) is 0 Å². The SMILES string of the molecule is CC(C)c1ccc(NC(=O)CN2CCC(C(=O)N3CCCCCC3)CC2)cc1. The van der Waals surface area contributed by atoms with Gasteiger partial charge in [-0.05, 0) is 62.4 Å². The number of likely N-dealkylation sites (tertiary alicyclic amines) is 2. The van der Waals surface area contributed by atoms with Crippen LogP contribution in [0.5, 0.6) is 0 Å². The summed E-state index contributed by atoms with van der Waals surface area (Å²) < 4.78 is 0. The molecule has 154 valence electrons. The van der Waals surface area contributed by atoms with Crippen molar-refractivity contribution < 1.29 is 9.59 Å². The first-order valence-corrected chi connectivity index (χ1v) is 10.9. The molecule has 2 aliphatic rings. The van der Waals surface area contributed by atoms with E-state index in [0.717, 1.165) is 57.5 Å². The van der Waals surface area contributed by atoms with E-state index in [1.807, 2.05) is 12.1 Å². The molecular weight excluding hydrogens is 350 g/mol. The monoisotopic (exact) mass is 385 g/mol. The third kappa shape index (κ3) is 5.81. The largest absolute Gasteiger partial charge is 0.342 e. The number of amides is 2. The van der Waals surface area contributed by atoms with Crippen LogP contribution in [0.25, 0.3) is 0 Å². The molecule has 5 nitrogen and oxygen atoms in total. The molecule has 0 atom stereocenters. The lowest BCUT2D eigenvalue weighted by Gasteiger charge is -2.33. The van der Waals surface area contributed by atoms with Crippen LogP contribution in [0.4, 0.5) is 5.69 Å². The predicted octanol–water partition coefficient (Wildman–Crippen LogP) is 3.86. The molecule has 1 aromatic rings. The number of anilines is 1. The van der Waals surface area contributed by atoms with Gasteiger partial charge in [-0.1, -0.05) is 38.8 Å². The summed E-state index contributed by atoms with van der Waals surface area (Å²) in [7, 11) is 0. The summed E-state index contributed by atoms with van der Waals surface area (Å²) in [4.78, 5) is 29.4. The minimum absolute atomic E-state index is 0.0228. The summed E-state index contributed by atoms with van der Waals surface area (Å²) in [5.41, 5.74) is 2.12. The maximum atomic E-state index is 12.8. The number of carbonyl (C=O) groups excluding carboxylic acids is 2. The fourth-order valence-corrected chi connectivity index (χ4v) is 4.24. The van der Waals surface area contributed by atoms with E-state index in [-0.39, 0.29) is 11.8 Å². The van der Waals surface area contributed by atoms with E-state index in [0.29, 0.717) is 18.4 Å². The van der Waals surface area contributed by atoms with E-state index in [9.17, 15) is 9.59 Å². The molecule has 2 aliphatic heterocycles. The molecule has 3 rings (SSSR count). The van der Waals surface area contributed by atoms with Crippen molar-refractivity contribution in [1.82, 2.24) is 9.80 Å². The summed E-state index contributed by atoms with van der Waals surface area (Å²) >= 11 is 0. The lowest BCUT2D eigenvalue weighted by molar-refractivity contribution is -0.137. The van der Waals surface area contributed by atoms with Crippen LogP contribution in [0.1, 0.15) is 63.9 Å². The van der Waals surface area contributed by atoms with E-state index < -0.39 is 0 Å². The van der Waals surface area contributed by atoms with Gasteiger partial charge in [-0.3, -0.25) is 14.5 Å². The number of hydrogen-bond acceptors (Lipinski definition) is 3. The van der Waals surface area contributed by atoms with Gasteiger partial charge in [0, 0.05) is 24.7 Å². The van der Waals surface area contributed by atoms with Crippen LogP contribution in [0.2, 0.25) is 0 Å². The quantitative estimate of drug-likeness (QED) is 0.837. The van der Waals surface area contributed by atoms with E-state index in [4.69, 9.17) is 0 Å². The van der Waals surface area contributed by atoms with Gasteiger partial charge in [-0.15, -0.1) is 0 Å². The molecule has 0 aromatic heterocycles. The Balaban J connectivity index is 1.42. The Kier molecular flexibility index (Phi) is 7.49. The summed E-state index contributed by atoms with van der Waals surface area (Å²) in [6.07, 6.45) is 6.51. The Morgan fingerprint density at radius 1 is 0.964 bits per heavy atom. The molecule has 0 unspecified atom stereocenters. The van der Waals surface area contributed by atoms with Crippen molar-refractivity contribution in [3.8, 4) is 0 Å². The van der Waals surface area contributed by atoms with Gasteiger partial charge in [0.15, 0.2) is 0 Å². The number of rotatable bonds is 5. The molecule has 1 aromatic carbocycles. The zero-order valence-corrected chi connectivity index (χ0v) is 17.5. The van der Waals surface area contributed by atoms with Crippen molar-refractivity contribution in [3.63, 3.8) is 0 Å². The molecular formula is C23H35N3O2. The average molecular weight is 386 g/mol. The van der Waals surface area contributed by atoms with Gasteiger partial charge >= 0.3 is 0 Å². The Morgan fingerprint density at radius 2 is 1.57 bits per heavy atom. The van der Waals surface area contributed by atoms with Crippen molar-refractivity contribution in [2.45, 2.75) is 58.3 Å². The standard InChI is InChI=1S/C23H35N3O2/c1-18(2)19-7-9-21(10-8-19)24-22(27)17-25-15-11-20(12-16-25)23(28)26-13-5-3-4-6-14-26/h7-10,18,20H,3-6,11-17H2,1-2H3,(H,24,27). The molecule has 0 bridgehead atoms. The molecule has 1 N–H and O–H groups in total. The summed E-state index contributed by atoms with van der Waals surface area (Å²) in [6, 6.07) is 8.08. The van der Waals surface area contributed by atoms with E-state index in [1.54, 1.807) is 0 Å². The number of piperidine rings is 1. The van der Waals surface area contributed by atoms with E-state index in [2.05, 4.69) is 41.1 Å². The first-order chi connectivity index (χ1) is 13.5. The Bertz CT molecular complexity index is 640. The maximum Gasteiger partial charge on any atom is 0.238 e. The summed E-state index contributed by atoms with van der Waals surface area (Å²) in [5, 5.41) is 2.99. The number of hydrogen-bond donors (Lipinski definition) is 1. The number of carbonyl (C=O) groups is 2. The highest BCUT2D eigenvalue weighted by Gasteiger charge is 2.29. The van der Waals surface area contributed by atoms with Crippen molar-refractivity contribution in [1.29, 1.82) is 0 Å². The zero-order valence-electron chi connectivity index (χ0n) is 17.5. The maximum absolute atomic E-state index is 12.8. The Morgan fingerprint density at radius 3 is 2.14 bits per heavy atom. The Hall–Kier alpha value is -1.88. The Labute approximate surface area is 169 Å². The first-order valence-electron chi connectivity index (χ1n) is 10.9. The van der Waals surface area contributed by atoms with Gasteiger partial charge in [-0.25, -0.2) is 0 Å². The van der Waals surface area contributed by atoms with Crippen LogP contribution in [0.15, 0.2) is 24.3 Å². The smallest absolute Gasteiger partial charge is 0.238 e. The second kappa shape index (κ2) is 10.1. The molecule has 0 saturated carbocycles. The lowest BCUT2D eigenvalue weighted by Crippen LogP contribution is -2.44. The molecule has 2 amide bonds. The number of nitrogens with one attached hydrogen (secondary N) is 1. The summed E-state index contributed by atoms with van der Waals surface area (Å²) in [6.45, 7) is 8.22. The fourth-order valence-electron chi connectivity index (χ4n) is 4.24. The zero-order chi connectivity index (χ0) is 19.9. The van der Waals surface area contributed by atoms with Crippen molar-refractivity contribution in [2.75, 3.05) is 38.0 Å². The molecule has 5 heteroatoms. The van der Waals surface area contributed by atoms with Crippen LogP contribution in [0.3, 0.4) is 0 Å². The minimum Gasteiger partial charge on any atom is -0.342 e. The topological polar surface area (TPSA) is 52.7 Å². The molecule has 2 saturated heterocycles. The second-order valence-electron chi connectivity index (χ2n) is 8.61. The van der Waals surface area contributed by atoms with E-state index >= 15 is 0 Å². The van der Waals surface area contributed by atoms with Crippen LogP contribution in [-0.4, -0.2) is 54.3 Å². The highest BCUT2D eigenvalue weighted by Crippen LogP contribution is 2.22. The van der Waals surface area contributed by atoms with E-state index in [1.165, 1.54) is 18.4 Å². The van der Waals surface area contributed by atoms with Crippen LogP contribution < -0.4 is 5.32 Å². The number of nitrogens with zero attached hydrogens (tertiary/aromatic N) is 2. The predicted molar refractivity (Wildman–Crippen MR) is 113 cm³/mol. The van der Waals surface area contributed by atoms with Gasteiger partial charge in [0.1, 0.15) is 0 Å². The second-order valence-corrected chi connectivity index (χ2v) is 8.61. The van der Waals surface area contributed by atoms with Crippen LogP contribution in [-0.2, 0) is 9.59 Å². The molecule has 2 heterocycles. The lowest BCUT2D eigenvalue weighted by atomic mass is 9.95. The van der Waals surface area contributed by atoms with Crippen molar-refractivity contribution in [2.24, 2.45) is 5.92 Å². The third-order valence-electron chi connectivity index (χ3n) is 6.08. The van der Waals surface area contributed by atoms with Crippen LogP contribution in [0, 0.1) is 5.92 Å². The van der Waals surface area contributed by atoms with Crippen molar-refractivity contribution >= 4 is 17.5 Å². The highest BCUT2D eigenvalue weighted by molar-refractivity contribution is 5.92. The van der Waals surface area contributed by atoms with Crippen LogP contribution >= 0.6 is 0 Å². The average Bonchev–Trinajstić information content (AvgIpc) is 2.98. The number of benzene rings is 1. The molecule has 28 heavy (non-hydrogen) atoms. The highest BCUT2D eigenvalue weighted by atomic mass is 16.2. The van der Waals surface area contributed by atoms with Crippen molar-refractivity contribution in [3.05, 3.63) is 29.8 Å². The first kappa shape index (κ1) is 20.8. The molecule has 0 spiro atoms. The fraction of sp³-hybridized carbons (Fsp3) is 0.652. The molecule has 2 fully saturated rings. The normalized spacial score (nSPS) is 19.5. The van der Waals surface area contributed by atoms with Gasteiger partial charge in [0.05, 0.1) is 6.54 Å². The molecule has 0 radical (unpaired) electrons. The van der Waals surface area contributed by atoms with Gasteiger partial charge in [0.2, 0.25) is 11.8 Å². The third-order valence-corrected chi connectivity index (χ3v) is 6.08. The van der Waals surface area contributed by atoms with Gasteiger partial charge < -0.3 is 10.2 Å². The van der Waals surface area contributed by atoms with Gasteiger partial charge in [-0.2, -0.15) is 0 Å².